The number of hydrogen-bond donors (Lipinski definition) is 1. The van der Waals surface area contributed by atoms with E-state index < -0.39 is 29.0 Å². The summed E-state index contributed by atoms with van der Waals surface area (Å²) in [6, 6.07) is 13.9. The molecule has 0 atom stereocenters. The molecule has 2 aromatic carbocycles. The smallest absolute Gasteiger partial charge is 0.325 e. The number of anilines is 1. The van der Waals surface area contributed by atoms with Crippen LogP contribution in [0.3, 0.4) is 0 Å². The van der Waals surface area contributed by atoms with Crippen molar-refractivity contribution in [1.82, 2.24) is 4.98 Å². The summed E-state index contributed by atoms with van der Waals surface area (Å²) in [5, 5.41) is 11.6. The molecule has 1 amide bonds. The zero-order valence-corrected chi connectivity index (χ0v) is 17.9. The van der Waals surface area contributed by atoms with Crippen molar-refractivity contribution in [2.24, 2.45) is 0 Å². The molecule has 0 saturated carbocycles. The van der Waals surface area contributed by atoms with Crippen molar-refractivity contribution in [3.63, 3.8) is 0 Å². The average Bonchev–Trinajstić information content (AvgIpc) is 2.73. The van der Waals surface area contributed by atoms with Gasteiger partial charge in [0.15, 0.2) is 0 Å². The number of benzene rings is 2. The minimum absolute atomic E-state index is 0.0280. The Morgan fingerprint density at radius 3 is 2.35 bits per heavy atom. The third-order valence-electron chi connectivity index (χ3n) is 4.01. The maximum absolute atomic E-state index is 13.6. The highest BCUT2D eigenvalue weighted by Crippen LogP contribution is 2.38. The van der Waals surface area contributed by atoms with Crippen molar-refractivity contribution in [2.75, 3.05) is 11.1 Å². The van der Waals surface area contributed by atoms with E-state index in [1.165, 1.54) is 12.1 Å². The first-order chi connectivity index (χ1) is 14.7. The summed E-state index contributed by atoms with van der Waals surface area (Å²) in [7, 11) is 0. The van der Waals surface area contributed by atoms with Crippen molar-refractivity contribution >= 4 is 39.3 Å². The molecule has 4 nitrogen and oxygen atoms in total. The molecule has 1 aromatic heterocycles. The van der Waals surface area contributed by atoms with Gasteiger partial charge in [0, 0.05) is 15.7 Å². The van der Waals surface area contributed by atoms with E-state index in [9.17, 15) is 27.6 Å². The number of halogens is 5. The molecular weight excluding hydrogens is 498 g/mol. The topological polar surface area (TPSA) is 65.8 Å². The van der Waals surface area contributed by atoms with Crippen molar-refractivity contribution in [2.45, 2.75) is 11.2 Å². The summed E-state index contributed by atoms with van der Waals surface area (Å²) in [6.45, 7) is 0. The number of thioether (sulfide) groups is 1. The monoisotopic (exact) mass is 509 g/mol. The van der Waals surface area contributed by atoms with Gasteiger partial charge in [-0.1, -0.05) is 39.8 Å². The number of nitrogens with one attached hydrogen (secondary N) is 1. The van der Waals surface area contributed by atoms with Crippen LogP contribution < -0.4 is 5.32 Å². The Hall–Kier alpha value is -2.90. The molecule has 0 fully saturated rings. The van der Waals surface area contributed by atoms with Crippen molar-refractivity contribution in [3.8, 4) is 17.3 Å². The summed E-state index contributed by atoms with van der Waals surface area (Å²) in [5.41, 5.74) is -0.978. The fraction of sp³-hybridized carbons (Fsp3) is 0.0952. The Kier molecular flexibility index (Phi) is 6.97. The van der Waals surface area contributed by atoms with Crippen LogP contribution in [0.25, 0.3) is 11.3 Å². The molecule has 31 heavy (non-hydrogen) atoms. The molecule has 0 spiro atoms. The van der Waals surface area contributed by atoms with Crippen LogP contribution in [0.1, 0.15) is 11.1 Å². The van der Waals surface area contributed by atoms with Crippen LogP contribution in [0.15, 0.2) is 64.1 Å². The van der Waals surface area contributed by atoms with Crippen LogP contribution in [0.5, 0.6) is 0 Å². The van der Waals surface area contributed by atoms with Gasteiger partial charge in [-0.2, -0.15) is 18.4 Å². The predicted octanol–water partition coefficient (Wildman–Crippen LogP) is 6.27. The molecule has 0 aliphatic heterocycles. The molecule has 158 valence electrons. The summed E-state index contributed by atoms with van der Waals surface area (Å²) >= 11 is 3.98. The second kappa shape index (κ2) is 9.49. The van der Waals surface area contributed by atoms with Gasteiger partial charge in [-0.3, -0.25) is 4.79 Å². The highest BCUT2D eigenvalue weighted by molar-refractivity contribution is 9.10. The number of aromatic nitrogens is 1. The van der Waals surface area contributed by atoms with E-state index in [0.29, 0.717) is 23.0 Å². The Balaban J connectivity index is 1.91. The van der Waals surface area contributed by atoms with Gasteiger partial charge in [-0.15, -0.1) is 0 Å². The molecular formula is C21H12BrF4N3OS. The maximum Gasteiger partial charge on any atom is 0.417 e. The average molecular weight is 510 g/mol. The van der Waals surface area contributed by atoms with Crippen LogP contribution in [-0.4, -0.2) is 16.6 Å². The molecule has 3 rings (SSSR count). The quantitative estimate of drug-likeness (QED) is 0.325. The van der Waals surface area contributed by atoms with E-state index in [1.54, 1.807) is 30.3 Å². The molecule has 1 N–H and O–H groups in total. The van der Waals surface area contributed by atoms with Gasteiger partial charge in [0.1, 0.15) is 16.9 Å². The molecule has 1 heterocycles. The third kappa shape index (κ3) is 5.83. The van der Waals surface area contributed by atoms with Crippen LogP contribution >= 0.6 is 27.7 Å². The lowest BCUT2D eigenvalue weighted by Crippen LogP contribution is -2.15. The lowest BCUT2D eigenvalue weighted by Gasteiger charge is -2.14. The molecule has 0 saturated heterocycles. The molecule has 0 bridgehead atoms. The number of carbonyl (C=O) groups excluding carboxylic acids is 1. The Labute approximate surface area is 187 Å². The summed E-state index contributed by atoms with van der Waals surface area (Å²) in [5.74, 6) is -1.30. The van der Waals surface area contributed by atoms with Crippen molar-refractivity contribution in [3.05, 3.63) is 76.0 Å². The minimum atomic E-state index is -4.77. The van der Waals surface area contributed by atoms with E-state index >= 15 is 0 Å². The van der Waals surface area contributed by atoms with E-state index in [1.807, 2.05) is 0 Å². The van der Waals surface area contributed by atoms with Crippen molar-refractivity contribution < 1.29 is 22.4 Å². The standard InChI is InChI=1S/C21H12BrF4N3OS/c22-13-3-1-12(2-4-13)18-9-17(21(24,25)26)16(10-27)20(29-18)31-11-19(30)28-15-7-5-14(23)6-8-15/h1-9H,11H2,(H,28,30). The first-order valence-electron chi connectivity index (χ1n) is 8.64. The number of rotatable bonds is 5. The minimum Gasteiger partial charge on any atom is -0.325 e. The number of hydrogen-bond acceptors (Lipinski definition) is 4. The van der Waals surface area contributed by atoms with Crippen LogP contribution in [0.2, 0.25) is 0 Å². The Bertz CT molecular complexity index is 1140. The summed E-state index contributed by atoms with van der Waals surface area (Å²) in [4.78, 5) is 16.4. The molecule has 3 aromatic rings. The van der Waals surface area contributed by atoms with E-state index in [0.717, 1.165) is 22.7 Å². The first-order valence-corrected chi connectivity index (χ1v) is 10.4. The van der Waals surface area contributed by atoms with Gasteiger partial charge in [0.05, 0.1) is 22.6 Å². The highest BCUT2D eigenvalue weighted by Gasteiger charge is 2.36. The number of amides is 1. The van der Waals surface area contributed by atoms with Crippen LogP contribution in [0.4, 0.5) is 23.2 Å². The third-order valence-corrected chi connectivity index (χ3v) is 5.52. The van der Waals surface area contributed by atoms with E-state index in [-0.39, 0.29) is 16.5 Å². The lowest BCUT2D eigenvalue weighted by molar-refractivity contribution is -0.138. The number of alkyl halides is 3. The number of pyridine rings is 1. The van der Waals surface area contributed by atoms with Crippen LogP contribution in [0, 0.1) is 17.1 Å². The second-order valence-electron chi connectivity index (χ2n) is 6.20. The van der Waals surface area contributed by atoms with Gasteiger partial charge in [-0.05, 0) is 42.5 Å². The van der Waals surface area contributed by atoms with E-state index in [2.05, 4.69) is 26.2 Å². The zero-order chi connectivity index (χ0) is 22.6. The highest BCUT2D eigenvalue weighted by atomic mass is 79.9. The van der Waals surface area contributed by atoms with Gasteiger partial charge >= 0.3 is 6.18 Å². The fourth-order valence-electron chi connectivity index (χ4n) is 2.59. The summed E-state index contributed by atoms with van der Waals surface area (Å²) < 4.78 is 54.5. The molecule has 0 aliphatic carbocycles. The summed E-state index contributed by atoms with van der Waals surface area (Å²) in [6.07, 6.45) is -4.77. The molecule has 0 radical (unpaired) electrons. The second-order valence-corrected chi connectivity index (χ2v) is 8.08. The molecule has 0 aliphatic rings. The van der Waals surface area contributed by atoms with Gasteiger partial charge < -0.3 is 5.32 Å². The first kappa shape index (κ1) is 22.8. The largest absolute Gasteiger partial charge is 0.417 e. The molecule has 0 unspecified atom stereocenters. The lowest BCUT2D eigenvalue weighted by atomic mass is 10.1. The maximum atomic E-state index is 13.6. The van der Waals surface area contributed by atoms with Gasteiger partial charge in [0.2, 0.25) is 5.91 Å². The van der Waals surface area contributed by atoms with E-state index in [4.69, 9.17) is 0 Å². The normalized spacial score (nSPS) is 11.1. The van der Waals surface area contributed by atoms with Gasteiger partial charge in [0.25, 0.3) is 0 Å². The predicted molar refractivity (Wildman–Crippen MR) is 113 cm³/mol. The zero-order valence-electron chi connectivity index (χ0n) is 15.5. The van der Waals surface area contributed by atoms with Crippen LogP contribution in [-0.2, 0) is 11.0 Å². The number of nitriles is 1. The van der Waals surface area contributed by atoms with Gasteiger partial charge in [-0.25, -0.2) is 9.37 Å². The number of carbonyl (C=O) groups is 1. The molecule has 10 heteroatoms. The SMILES string of the molecule is N#Cc1c(C(F)(F)F)cc(-c2ccc(Br)cc2)nc1SCC(=O)Nc1ccc(F)cc1. The Morgan fingerprint density at radius 1 is 1.13 bits per heavy atom. The fourth-order valence-corrected chi connectivity index (χ4v) is 3.66. The Morgan fingerprint density at radius 2 is 1.77 bits per heavy atom. The number of nitrogens with zero attached hydrogens (tertiary/aromatic N) is 2. The van der Waals surface area contributed by atoms with Crippen molar-refractivity contribution in [1.29, 1.82) is 5.26 Å².